The van der Waals surface area contributed by atoms with Crippen LogP contribution in [0.3, 0.4) is 0 Å². The Hall–Kier alpha value is -1.13. The van der Waals surface area contributed by atoms with Crippen LogP contribution in [-0.4, -0.2) is 30.1 Å². The summed E-state index contributed by atoms with van der Waals surface area (Å²) in [5, 5.41) is 3.89. The Bertz CT molecular complexity index is 492. The van der Waals surface area contributed by atoms with Gasteiger partial charge in [0, 0.05) is 18.0 Å². The summed E-state index contributed by atoms with van der Waals surface area (Å²) in [6.07, 6.45) is 3.46. The minimum atomic E-state index is -0.407. The van der Waals surface area contributed by atoms with Crippen LogP contribution in [0.15, 0.2) is 12.1 Å². The van der Waals surface area contributed by atoms with Gasteiger partial charge in [0.05, 0.1) is 7.11 Å². The predicted molar refractivity (Wildman–Crippen MR) is 67.9 cm³/mol. The number of carbonyl (C=O) groups excluding carboxylic acids is 1. The second kappa shape index (κ2) is 4.52. The van der Waals surface area contributed by atoms with Crippen molar-refractivity contribution in [3.8, 4) is 0 Å². The molecule has 96 valence electrons. The summed E-state index contributed by atoms with van der Waals surface area (Å²) in [7, 11) is 1.37. The third-order valence-corrected chi connectivity index (χ3v) is 4.18. The number of carbonyl (C=O) groups is 1. The Morgan fingerprint density at radius 2 is 2.33 bits per heavy atom. The van der Waals surface area contributed by atoms with Crippen LogP contribution in [-0.2, 0) is 4.74 Å². The molecule has 0 aliphatic carbocycles. The van der Waals surface area contributed by atoms with Crippen molar-refractivity contribution in [2.45, 2.75) is 37.3 Å². The van der Waals surface area contributed by atoms with E-state index in [1.54, 1.807) is 6.07 Å². The summed E-state index contributed by atoms with van der Waals surface area (Å²) in [6.45, 7) is 0. The molecule has 0 spiro atoms. The maximum absolute atomic E-state index is 11.8. The Morgan fingerprint density at radius 1 is 1.50 bits per heavy atom. The highest BCUT2D eigenvalue weighted by molar-refractivity contribution is 6.29. The summed E-state index contributed by atoms with van der Waals surface area (Å²) >= 11 is 5.87. The number of halogens is 1. The van der Waals surface area contributed by atoms with Gasteiger partial charge >= 0.3 is 5.97 Å². The fourth-order valence-corrected chi connectivity index (χ4v) is 3.32. The summed E-state index contributed by atoms with van der Waals surface area (Å²) in [5.74, 6) is -0.0575. The molecule has 2 fully saturated rings. The van der Waals surface area contributed by atoms with Crippen LogP contribution >= 0.6 is 11.6 Å². The lowest BCUT2D eigenvalue weighted by molar-refractivity contribution is 0.0592. The molecule has 1 N–H and O–H groups in total. The molecule has 5 heteroatoms. The number of ether oxygens (including phenoxy) is 1. The largest absolute Gasteiger partial charge is 0.464 e. The fourth-order valence-electron chi connectivity index (χ4n) is 3.17. The van der Waals surface area contributed by atoms with Gasteiger partial charge in [0.2, 0.25) is 0 Å². The van der Waals surface area contributed by atoms with Crippen molar-refractivity contribution >= 4 is 17.6 Å². The zero-order valence-corrected chi connectivity index (χ0v) is 10.9. The van der Waals surface area contributed by atoms with Crippen LogP contribution in [0.2, 0.25) is 5.15 Å². The zero-order chi connectivity index (χ0) is 12.7. The minimum absolute atomic E-state index is 0.329. The van der Waals surface area contributed by atoms with E-state index in [9.17, 15) is 4.79 Å². The molecule has 3 rings (SSSR count). The monoisotopic (exact) mass is 266 g/mol. The van der Waals surface area contributed by atoms with Gasteiger partial charge in [-0.15, -0.1) is 0 Å². The molecule has 0 radical (unpaired) electrons. The number of hydrogen-bond acceptors (Lipinski definition) is 4. The SMILES string of the molecule is COC(=O)c1nc(Cl)ccc1C1CC2CCC1N2. The van der Waals surface area contributed by atoms with Crippen LogP contribution in [0, 0.1) is 0 Å². The average molecular weight is 267 g/mol. The van der Waals surface area contributed by atoms with Crippen LogP contribution in [0.1, 0.15) is 41.2 Å². The number of nitrogens with zero attached hydrogens (tertiary/aromatic N) is 1. The number of aromatic nitrogens is 1. The van der Waals surface area contributed by atoms with Crippen LogP contribution in [0.5, 0.6) is 0 Å². The van der Waals surface area contributed by atoms with E-state index in [0.717, 1.165) is 12.0 Å². The molecule has 1 aromatic heterocycles. The molecule has 4 nitrogen and oxygen atoms in total. The second-order valence-electron chi connectivity index (χ2n) is 4.95. The molecule has 3 atom stereocenters. The van der Waals surface area contributed by atoms with Crippen molar-refractivity contribution < 1.29 is 9.53 Å². The Balaban J connectivity index is 1.98. The number of hydrogen-bond donors (Lipinski definition) is 1. The van der Waals surface area contributed by atoms with E-state index in [0.29, 0.717) is 28.8 Å². The molecule has 0 saturated carbocycles. The summed E-state index contributed by atoms with van der Waals surface area (Å²) in [5.41, 5.74) is 1.33. The van der Waals surface area contributed by atoms with E-state index in [1.807, 2.05) is 6.07 Å². The molecule has 2 saturated heterocycles. The molecular formula is C13H15ClN2O2. The summed E-state index contributed by atoms with van der Waals surface area (Å²) < 4.78 is 4.79. The van der Waals surface area contributed by atoms with Gasteiger partial charge in [-0.05, 0) is 30.9 Å². The molecular weight excluding hydrogens is 252 g/mol. The van der Waals surface area contributed by atoms with E-state index >= 15 is 0 Å². The Kier molecular flexibility index (Phi) is 2.99. The summed E-state index contributed by atoms with van der Waals surface area (Å²) in [4.78, 5) is 15.9. The van der Waals surface area contributed by atoms with Gasteiger partial charge in [-0.1, -0.05) is 17.7 Å². The van der Waals surface area contributed by atoms with Crippen molar-refractivity contribution in [2.24, 2.45) is 0 Å². The standard InChI is InChI=1S/C13H15ClN2O2/c1-18-13(17)12-8(3-5-11(14)16-12)9-6-7-2-4-10(9)15-7/h3,5,7,9-10,15H,2,4,6H2,1H3. The highest BCUT2D eigenvalue weighted by Crippen LogP contribution is 2.41. The van der Waals surface area contributed by atoms with Gasteiger partial charge in [-0.25, -0.2) is 9.78 Å². The topological polar surface area (TPSA) is 51.2 Å². The number of fused-ring (bicyclic) bond motifs is 2. The highest BCUT2D eigenvalue weighted by Gasteiger charge is 2.41. The average Bonchev–Trinajstić information content (AvgIpc) is 3.00. The number of pyridine rings is 1. The van der Waals surface area contributed by atoms with Crippen LogP contribution < -0.4 is 5.32 Å². The van der Waals surface area contributed by atoms with Crippen LogP contribution in [0.25, 0.3) is 0 Å². The van der Waals surface area contributed by atoms with Crippen LogP contribution in [0.4, 0.5) is 0 Å². The molecule has 2 aliphatic heterocycles. The number of rotatable bonds is 2. The minimum Gasteiger partial charge on any atom is -0.464 e. The number of nitrogens with one attached hydrogen (secondary N) is 1. The first-order valence-electron chi connectivity index (χ1n) is 6.20. The van der Waals surface area contributed by atoms with Crippen molar-refractivity contribution in [3.63, 3.8) is 0 Å². The van der Waals surface area contributed by atoms with Gasteiger partial charge in [-0.3, -0.25) is 0 Å². The van der Waals surface area contributed by atoms with Gasteiger partial charge in [-0.2, -0.15) is 0 Å². The van der Waals surface area contributed by atoms with Crippen molar-refractivity contribution in [2.75, 3.05) is 7.11 Å². The lowest BCUT2D eigenvalue weighted by atomic mass is 9.83. The molecule has 1 aromatic rings. The fraction of sp³-hybridized carbons (Fsp3) is 0.538. The first kappa shape index (κ1) is 11.9. The highest BCUT2D eigenvalue weighted by atomic mass is 35.5. The Labute approximate surface area is 111 Å². The van der Waals surface area contributed by atoms with E-state index in [4.69, 9.17) is 16.3 Å². The third-order valence-electron chi connectivity index (χ3n) is 3.97. The quantitative estimate of drug-likeness (QED) is 0.658. The van der Waals surface area contributed by atoms with E-state index in [2.05, 4.69) is 10.3 Å². The lowest BCUT2D eigenvalue weighted by Gasteiger charge is -2.21. The van der Waals surface area contributed by atoms with E-state index in [1.165, 1.54) is 20.0 Å². The molecule has 0 amide bonds. The zero-order valence-electron chi connectivity index (χ0n) is 10.1. The maximum atomic E-state index is 11.8. The van der Waals surface area contributed by atoms with Gasteiger partial charge in [0.15, 0.2) is 5.69 Å². The first-order chi connectivity index (χ1) is 8.69. The van der Waals surface area contributed by atoms with Crippen molar-refractivity contribution in [3.05, 3.63) is 28.5 Å². The molecule has 2 aliphatic rings. The molecule has 3 unspecified atom stereocenters. The number of esters is 1. The van der Waals surface area contributed by atoms with Gasteiger partial charge in [0.25, 0.3) is 0 Å². The van der Waals surface area contributed by atoms with Gasteiger partial charge in [0.1, 0.15) is 5.15 Å². The van der Waals surface area contributed by atoms with E-state index in [-0.39, 0.29) is 0 Å². The first-order valence-corrected chi connectivity index (χ1v) is 6.57. The predicted octanol–water partition coefficient (Wildman–Crippen LogP) is 2.13. The van der Waals surface area contributed by atoms with Crippen molar-refractivity contribution in [1.29, 1.82) is 0 Å². The third kappa shape index (κ3) is 1.89. The summed E-state index contributed by atoms with van der Waals surface area (Å²) in [6, 6.07) is 4.70. The molecule has 2 bridgehead atoms. The Morgan fingerprint density at radius 3 is 2.94 bits per heavy atom. The lowest BCUT2D eigenvalue weighted by Crippen LogP contribution is -2.23. The second-order valence-corrected chi connectivity index (χ2v) is 5.34. The van der Waals surface area contributed by atoms with Crippen molar-refractivity contribution in [1.82, 2.24) is 10.3 Å². The smallest absolute Gasteiger partial charge is 0.357 e. The maximum Gasteiger partial charge on any atom is 0.357 e. The normalized spacial score (nSPS) is 29.6. The molecule has 18 heavy (non-hydrogen) atoms. The molecule has 0 aromatic carbocycles. The van der Waals surface area contributed by atoms with Gasteiger partial charge < -0.3 is 10.1 Å². The van der Waals surface area contributed by atoms with E-state index < -0.39 is 5.97 Å². The molecule has 3 heterocycles. The number of methoxy groups -OCH3 is 1.